The maximum absolute atomic E-state index is 12.6. The summed E-state index contributed by atoms with van der Waals surface area (Å²) in [6, 6.07) is 15.3. The molecule has 0 saturated carbocycles. The van der Waals surface area contributed by atoms with Gasteiger partial charge in [0.1, 0.15) is 17.8 Å². The van der Waals surface area contributed by atoms with E-state index in [1.54, 1.807) is 0 Å². The third kappa shape index (κ3) is 2.78. The van der Waals surface area contributed by atoms with E-state index in [9.17, 15) is 9.90 Å². The molecule has 2 aromatic rings. The van der Waals surface area contributed by atoms with Crippen molar-refractivity contribution in [3.8, 4) is 5.75 Å². The first kappa shape index (κ1) is 16.5. The summed E-state index contributed by atoms with van der Waals surface area (Å²) >= 11 is 0. The molecule has 0 saturated heterocycles. The molecule has 0 bridgehead atoms. The van der Waals surface area contributed by atoms with Gasteiger partial charge in [-0.05, 0) is 50.7 Å². The predicted octanol–water partition coefficient (Wildman–Crippen LogP) is 3.29. The highest BCUT2D eigenvalue weighted by molar-refractivity contribution is 5.88. The van der Waals surface area contributed by atoms with Gasteiger partial charge in [-0.1, -0.05) is 42.5 Å². The normalized spacial score (nSPS) is 19.1. The van der Waals surface area contributed by atoms with Crippen LogP contribution in [0.2, 0.25) is 0 Å². The fraction of sp³-hybridized carbons (Fsp3) is 0.350. The molecule has 3 rings (SSSR count). The zero-order chi connectivity index (χ0) is 17.2. The summed E-state index contributed by atoms with van der Waals surface area (Å²) in [6.07, 6.45) is 1.33. The first-order chi connectivity index (χ1) is 11.6. The van der Waals surface area contributed by atoms with E-state index >= 15 is 0 Å². The van der Waals surface area contributed by atoms with Gasteiger partial charge in [-0.25, -0.2) is 0 Å². The van der Waals surface area contributed by atoms with Crippen molar-refractivity contribution in [2.75, 3.05) is 20.6 Å². The minimum atomic E-state index is -1.07. The predicted molar refractivity (Wildman–Crippen MR) is 93.4 cm³/mol. The lowest BCUT2D eigenvalue weighted by atomic mass is 9.70. The number of hydrogen-bond donors (Lipinski definition) is 1. The number of para-hydroxylation sites is 1. The molecule has 4 heteroatoms. The van der Waals surface area contributed by atoms with Crippen LogP contribution in [-0.2, 0) is 16.8 Å². The van der Waals surface area contributed by atoms with Gasteiger partial charge in [0.25, 0.3) is 0 Å². The molecule has 2 aromatic carbocycles. The molecule has 0 fully saturated rings. The summed E-state index contributed by atoms with van der Waals surface area (Å²) in [7, 11) is 4.01. The molecule has 1 atom stereocenters. The number of rotatable bonds is 5. The van der Waals surface area contributed by atoms with Gasteiger partial charge in [0.05, 0.1) is 0 Å². The maximum atomic E-state index is 12.6. The number of carboxylic acids is 1. The van der Waals surface area contributed by atoms with Crippen molar-refractivity contribution in [1.29, 1.82) is 0 Å². The van der Waals surface area contributed by atoms with Gasteiger partial charge in [0.15, 0.2) is 0 Å². The molecule has 24 heavy (non-hydrogen) atoms. The zero-order valence-electron chi connectivity index (χ0n) is 14.2. The lowest BCUT2D eigenvalue weighted by molar-refractivity contribution is -0.142. The van der Waals surface area contributed by atoms with Gasteiger partial charge in [0.2, 0.25) is 0 Å². The van der Waals surface area contributed by atoms with E-state index < -0.39 is 11.4 Å². The molecule has 1 aliphatic rings. The van der Waals surface area contributed by atoms with E-state index in [1.165, 1.54) is 0 Å². The Kier molecular flexibility index (Phi) is 4.58. The first-order valence-corrected chi connectivity index (χ1v) is 8.24. The molecule has 1 N–H and O–H groups in total. The second kappa shape index (κ2) is 6.65. The van der Waals surface area contributed by atoms with Gasteiger partial charge in [0, 0.05) is 5.56 Å². The Balaban J connectivity index is 2.18. The SMILES string of the molecule is CN(C)CCCC1(C(=O)O)c2ccccc2COc2ccccc21. The summed E-state index contributed by atoms with van der Waals surface area (Å²) < 4.78 is 5.93. The molecular weight excluding hydrogens is 302 g/mol. The van der Waals surface area contributed by atoms with Crippen molar-refractivity contribution >= 4 is 5.97 Å². The van der Waals surface area contributed by atoms with E-state index in [1.807, 2.05) is 62.6 Å². The van der Waals surface area contributed by atoms with Crippen LogP contribution < -0.4 is 4.74 Å². The lowest BCUT2D eigenvalue weighted by Gasteiger charge is -2.31. The second-order valence-corrected chi connectivity index (χ2v) is 6.56. The highest BCUT2D eigenvalue weighted by Crippen LogP contribution is 2.45. The topological polar surface area (TPSA) is 49.8 Å². The van der Waals surface area contributed by atoms with Crippen LogP contribution in [0.3, 0.4) is 0 Å². The fourth-order valence-corrected chi connectivity index (χ4v) is 3.58. The molecule has 126 valence electrons. The number of ether oxygens (including phenoxy) is 1. The molecule has 1 unspecified atom stereocenters. The average molecular weight is 325 g/mol. The molecular formula is C20H23NO3. The third-order valence-corrected chi connectivity index (χ3v) is 4.73. The zero-order valence-corrected chi connectivity index (χ0v) is 14.2. The lowest BCUT2D eigenvalue weighted by Crippen LogP contribution is -2.38. The highest BCUT2D eigenvalue weighted by Gasteiger charge is 2.46. The van der Waals surface area contributed by atoms with Gasteiger partial charge >= 0.3 is 5.97 Å². The van der Waals surface area contributed by atoms with E-state index in [0.717, 1.165) is 29.7 Å². The van der Waals surface area contributed by atoms with Crippen LogP contribution >= 0.6 is 0 Å². The van der Waals surface area contributed by atoms with Crippen LogP contribution in [0.15, 0.2) is 48.5 Å². The number of benzene rings is 2. The average Bonchev–Trinajstić information content (AvgIpc) is 2.71. The van der Waals surface area contributed by atoms with Gasteiger partial charge in [-0.2, -0.15) is 0 Å². The summed E-state index contributed by atoms with van der Waals surface area (Å²) in [5, 5.41) is 10.3. The second-order valence-electron chi connectivity index (χ2n) is 6.56. The summed E-state index contributed by atoms with van der Waals surface area (Å²) in [4.78, 5) is 14.6. The molecule has 0 aromatic heterocycles. The maximum Gasteiger partial charge on any atom is 0.318 e. The summed E-state index contributed by atoms with van der Waals surface area (Å²) in [5.74, 6) is -0.146. The van der Waals surface area contributed by atoms with Gasteiger partial charge in [-0.3, -0.25) is 4.79 Å². The number of hydrogen-bond acceptors (Lipinski definition) is 3. The van der Waals surface area contributed by atoms with E-state index in [4.69, 9.17) is 4.74 Å². The van der Waals surface area contributed by atoms with Crippen LogP contribution in [-0.4, -0.2) is 36.6 Å². The van der Waals surface area contributed by atoms with Crippen molar-refractivity contribution in [2.45, 2.75) is 24.9 Å². The minimum absolute atomic E-state index is 0.399. The molecule has 0 radical (unpaired) electrons. The molecule has 0 amide bonds. The fourth-order valence-electron chi connectivity index (χ4n) is 3.58. The number of nitrogens with zero attached hydrogens (tertiary/aromatic N) is 1. The quantitative estimate of drug-likeness (QED) is 0.916. The Bertz CT molecular complexity index is 692. The Labute approximate surface area is 142 Å². The summed E-state index contributed by atoms with van der Waals surface area (Å²) in [6.45, 7) is 1.25. The van der Waals surface area contributed by atoms with Crippen LogP contribution in [0.4, 0.5) is 0 Å². The van der Waals surface area contributed by atoms with Crippen LogP contribution in [0.5, 0.6) is 5.75 Å². The van der Waals surface area contributed by atoms with E-state index in [0.29, 0.717) is 18.8 Å². The van der Waals surface area contributed by atoms with E-state index in [2.05, 4.69) is 4.90 Å². The Morgan fingerprint density at radius 2 is 1.79 bits per heavy atom. The largest absolute Gasteiger partial charge is 0.489 e. The molecule has 1 aliphatic heterocycles. The number of carbonyl (C=O) groups is 1. The number of aliphatic carboxylic acids is 1. The first-order valence-electron chi connectivity index (χ1n) is 8.24. The molecule has 1 heterocycles. The van der Waals surface area contributed by atoms with Crippen molar-refractivity contribution in [2.24, 2.45) is 0 Å². The number of fused-ring (bicyclic) bond motifs is 2. The molecule has 4 nitrogen and oxygen atoms in total. The monoisotopic (exact) mass is 325 g/mol. The van der Waals surface area contributed by atoms with Gasteiger partial charge < -0.3 is 14.7 Å². The standard InChI is InChI=1S/C20H23NO3/c1-21(2)13-7-12-20(19(22)23)16-9-4-3-8-15(16)14-24-18-11-6-5-10-17(18)20/h3-6,8-11H,7,12-14H2,1-2H3,(H,22,23). The van der Waals surface area contributed by atoms with Crippen molar-refractivity contribution in [3.63, 3.8) is 0 Å². The van der Waals surface area contributed by atoms with Crippen LogP contribution in [0.25, 0.3) is 0 Å². The van der Waals surface area contributed by atoms with Gasteiger partial charge in [-0.15, -0.1) is 0 Å². The Hall–Kier alpha value is -2.33. The Morgan fingerprint density at radius 3 is 2.50 bits per heavy atom. The van der Waals surface area contributed by atoms with E-state index in [-0.39, 0.29) is 0 Å². The van der Waals surface area contributed by atoms with Crippen molar-refractivity contribution in [3.05, 3.63) is 65.2 Å². The van der Waals surface area contributed by atoms with Crippen molar-refractivity contribution < 1.29 is 14.6 Å². The Morgan fingerprint density at radius 1 is 1.12 bits per heavy atom. The minimum Gasteiger partial charge on any atom is -0.489 e. The highest BCUT2D eigenvalue weighted by atomic mass is 16.5. The third-order valence-electron chi connectivity index (χ3n) is 4.73. The molecule has 0 spiro atoms. The number of carboxylic acid groups (broad SMARTS) is 1. The molecule has 0 aliphatic carbocycles. The van der Waals surface area contributed by atoms with Crippen molar-refractivity contribution in [1.82, 2.24) is 4.90 Å². The van der Waals surface area contributed by atoms with Crippen LogP contribution in [0, 0.1) is 0 Å². The van der Waals surface area contributed by atoms with Crippen LogP contribution in [0.1, 0.15) is 29.5 Å². The summed E-state index contributed by atoms with van der Waals surface area (Å²) in [5.41, 5.74) is 1.48. The smallest absolute Gasteiger partial charge is 0.318 e.